The van der Waals surface area contributed by atoms with E-state index in [1.54, 1.807) is 6.07 Å². The number of carbonyl (C=O) groups is 3. The van der Waals surface area contributed by atoms with Crippen molar-refractivity contribution < 1.29 is 28.6 Å². The molecule has 1 aromatic rings. The standard InChI is InChI=1S/C15H16FNO5/c1-22-15(21)10-7-13(18)17(8-10)12(14(19)20)6-9-4-2-3-5-11(9)16/h2-5,10,12H,6-8H2,1H3,(H,19,20)/t10?,12-/m1/s1. The highest BCUT2D eigenvalue weighted by atomic mass is 19.1. The lowest BCUT2D eigenvalue weighted by Gasteiger charge is -2.24. The van der Waals surface area contributed by atoms with Gasteiger partial charge >= 0.3 is 11.9 Å². The zero-order valence-corrected chi connectivity index (χ0v) is 12.0. The number of likely N-dealkylation sites (tertiary alicyclic amines) is 1. The lowest BCUT2D eigenvalue weighted by atomic mass is 10.0. The normalized spacial score (nSPS) is 19.1. The Balaban J connectivity index is 2.19. The molecule has 1 fully saturated rings. The van der Waals surface area contributed by atoms with Crippen molar-refractivity contribution in [3.63, 3.8) is 0 Å². The first-order chi connectivity index (χ1) is 10.4. The Morgan fingerprint density at radius 3 is 2.73 bits per heavy atom. The maximum Gasteiger partial charge on any atom is 0.326 e. The highest BCUT2D eigenvalue weighted by Crippen LogP contribution is 2.24. The van der Waals surface area contributed by atoms with Gasteiger partial charge in [0.25, 0.3) is 0 Å². The van der Waals surface area contributed by atoms with Gasteiger partial charge in [-0.05, 0) is 11.6 Å². The number of hydrogen-bond donors (Lipinski definition) is 1. The molecule has 0 spiro atoms. The Hall–Kier alpha value is -2.44. The molecule has 2 rings (SSSR count). The van der Waals surface area contributed by atoms with Gasteiger partial charge in [-0.25, -0.2) is 9.18 Å². The fraction of sp³-hybridized carbons (Fsp3) is 0.400. The fourth-order valence-electron chi connectivity index (χ4n) is 2.56. The Kier molecular flexibility index (Phi) is 4.75. The zero-order chi connectivity index (χ0) is 16.3. The van der Waals surface area contributed by atoms with Gasteiger partial charge in [0, 0.05) is 19.4 Å². The minimum atomic E-state index is -1.23. The van der Waals surface area contributed by atoms with E-state index in [1.807, 2.05) is 0 Å². The summed E-state index contributed by atoms with van der Waals surface area (Å²) in [7, 11) is 1.21. The van der Waals surface area contributed by atoms with Crippen molar-refractivity contribution in [2.24, 2.45) is 5.92 Å². The third-order valence-corrected chi connectivity index (χ3v) is 3.73. The van der Waals surface area contributed by atoms with Crippen LogP contribution in [-0.4, -0.2) is 47.5 Å². The molecular weight excluding hydrogens is 293 g/mol. The Labute approximate surface area is 126 Å². The molecule has 0 saturated carbocycles. The molecule has 1 aliphatic heterocycles. The van der Waals surface area contributed by atoms with E-state index >= 15 is 0 Å². The van der Waals surface area contributed by atoms with Crippen LogP contribution in [-0.2, 0) is 25.5 Å². The highest BCUT2D eigenvalue weighted by molar-refractivity contribution is 5.90. The molecule has 1 unspecified atom stereocenters. The SMILES string of the molecule is COC(=O)C1CC(=O)N([C@H](Cc2ccccc2F)C(=O)O)C1. The predicted molar refractivity (Wildman–Crippen MR) is 73.4 cm³/mol. The van der Waals surface area contributed by atoms with Gasteiger partial charge in [0.15, 0.2) is 0 Å². The average molecular weight is 309 g/mol. The monoisotopic (exact) mass is 309 g/mol. The smallest absolute Gasteiger partial charge is 0.326 e. The van der Waals surface area contributed by atoms with Crippen LogP contribution in [0.1, 0.15) is 12.0 Å². The van der Waals surface area contributed by atoms with Crippen LogP contribution in [0.2, 0.25) is 0 Å². The minimum Gasteiger partial charge on any atom is -0.480 e. The summed E-state index contributed by atoms with van der Waals surface area (Å²) < 4.78 is 18.3. The quantitative estimate of drug-likeness (QED) is 0.815. The summed E-state index contributed by atoms with van der Waals surface area (Å²) in [6, 6.07) is 4.60. The van der Waals surface area contributed by atoms with Gasteiger partial charge < -0.3 is 14.7 Å². The lowest BCUT2D eigenvalue weighted by Crippen LogP contribution is -2.44. The maximum atomic E-state index is 13.7. The number of carbonyl (C=O) groups excluding carboxylic acids is 2. The van der Waals surface area contributed by atoms with E-state index in [9.17, 15) is 23.9 Å². The van der Waals surface area contributed by atoms with Crippen LogP contribution in [0.15, 0.2) is 24.3 Å². The van der Waals surface area contributed by atoms with Crippen LogP contribution in [0, 0.1) is 11.7 Å². The molecular formula is C15H16FNO5. The first kappa shape index (κ1) is 15.9. The van der Waals surface area contributed by atoms with Gasteiger partial charge in [-0.1, -0.05) is 18.2 Å². The molecule has 0 bridgehead atoms. The number of amides is 1. The second kappa shape index (κ2) is 6.55. The number of aliphatic carboxylic acids is 1. The number of halogens is 1. The Morgan fingerprint density at radius 1 is 1.45 bits per heavy atom. The van der Waals surface area contributed by atoms with E-state index in [4.69, 9.17) is 0 Å². The van der Waals surface area contributed by atoms with Crippen molar-refractivity contribution in [2.75, 3.05) is 13.7 Å². The average Bonchev–Trinajstić information content (AvgIpc) is 2.87. The minimum absolute atomic E-state index is 0.0308. The van der Waals surface area contributed by atoms with Gasteiger partial charge in [-0.2, -0.15) is 0 Å². The molecule has 1 aliphatic rings. The molecule has 118 valence electrons. The van der Waals surface area contributed by atoms with Gasteiger partial charge in [0.1, 0.15) is 11.9 Å². The van der Waals surface area contributed by atoms with Crippen LogP contribution in [0.25, 0.3) is 0 Å². The molecule has 1 amide bonds. The third-order valence-electron chi connectivity index (χ3n) is 3.73. The van der Waals surface area contributed by atoms with Gasteiger partial charge in [-0.3, -0.25) is 9.59 Å². The number of benzene rings is 1. The van der Waals surface area contributed by atoms with Crippen molar-refractivity contribution in [3.05, 3.63) is 35.6 Å². The summed E-state index contributed by atoms with van der Waals surface area (Å²) >= 11 is 0. The van der Waals surface area contributed by atoms with Crippen molar-refractivity contribution in [1.82, 2.24) is 4.90 Å². The van der Waals surface area contributed by atoms with Gasteiger partial charge in [0.05, 0.1) is 13.0 Å². The summed E-state index contributed by atoms with van der Waals surface area (Å²) in [6.07, 6.45) is -0.241. The Morgan fingerprint density at radius 2 is 2.14 bits per heavy atom. The van der Waals surface area contributed by atoms with Crippen molar-refractivity contribution in [3.8, 4) is 0 Å². The molecule has 0 aliphatic carbocycles. The van der Waals surface area contributed by atoms with Gasteiger partial charge in [-0.15, -0.1) is 0 Å². The lowest BCUT2D eigenvalue weighted by molar-refractivity contribution is -0.148. The number of hydrogen-bond acceptors (Lipinski definition) is 4. The Bertz CT molecular complexity index is 603. The topological polar surface area (TPSA) is 83.9 Å². The summed E-state index contributed by atoms with van der Waals surface area (Å²) in [5, 5.41) is 9.35. The fourth-order valence-corrected chi connectivity index (χ4v) is 2.56. The van der Waals surface area contributed by atoms with Crippen LogP contribution in [0.5, 0.6) is 0 Å². The molecule has 2 atom stereocenters. The summed E-state index contributed by atoms with van der Waals surface area (Å²) in [5.41, 5.74) is 0.212. The predicted octanol–water partition coefficient (Wildman–Crippen LogP) is 0.843. The number of rotatable bonds is 5. The highest BCUT2D eigenvalue weighted by Gasteiger charge is 2.41. The van der Waals surface area contributed by atoms with Crippen LogP contribution < -0.4 is 0 Å². The second-order valence-electron chi connectivity index (χ2n) is 5.12. The second-order valence-corrected chi connectivity index (χ2v) is 5.12. The number of carboxylic acid groups (broad SMARTS) is 1. The van der Waals surface area contributed by atoms with E-state index in [0.29, 0.717) is 0 Å². The number of nitrogens with zero attached hydrogens (tertiary/aromatic N) is 1. The molecule has 1 saturated heterocycles. The zero-order valence-electron chi connectivity index (χ0n) is 12.0. The van der Waals surface area contributed by atoms with E-state index in [2.05, 4.69) is 4.74 Å². The first-order valence-electron chi connectivity index (χ1n) is 6.77. The van der Waals surface area contributed by atoms with Crippen LogP contribution in [0.4, 0.5) is 4.39 Å². The summed E-state index contributed by atoms with van der Waals surface area (Å²) in [5.74, 6) is -3.43. The van der Waals surface area contributed by atoms with E-state index < -0.39 is 35.6 Å². The third kappa shape index (κ3) is 3.24. The summed E-state index contributed by atoms with van der Waals surface area (Å²) in [6.45, 7) is -0.0308. The molecule has 22 heavy (non-hydrogen) atoms. The number of esters is 1. The number of methoxy groups -OCH3 is 1. The van der Waals surface area contributed by atoms with Crippen molar-refractivity contribution in [2.45, 2.75) is 18.9 Å². The van der Waals surface area contributed by atoms with E-state index in [-0.39, 0.29) is 24.9 Å². The van der Waals surface area contributed by atoms with Crippen LogP contribution >= 0.6 is 0 Å². The molecule has 1 heterocycles. The number of carboxylic acids is 1. The van der Waals surface area contributed by atoms with E-state index in [1.165, 1.54) is 25.3 Å². The van der Waals surface area contributed by atoms with Crippen molar-refractivity contribution in [1.29, 1.82) is 0 Å². The molecule has 6 nitrogen and oxygen atoms in total. The van der Waals surface area contributed by atoms with E-state index in [0.717, 1.165) is 4.90 Å². The maximum absolute atomic E-state index is 13.7. The molecule has 0 radical (unpaired) electrons. The van der Waals surface area contributed by atoms with Crippen molar-refractivity contribution >= 4 is 17.8 Å². The summed E-state index contributed by atoms with van der Waals surface area (Å²) in [4.78, 5) is 36.1. The molecule has 1 N–H and O–H groups in total. The molecule has 1 aromatic carbocycles. The largest absolute Gasteiger partial charge is 0.480 e. The van der Waals surface area contributed by atoms with Crippen LogP contribution in [0.3, 0.4) is 0 Å². The molecule has 0 aromatic heterocycles. The first-order valence-corrected chi connectivity index (χ1v) is 6.77. The number of ether oxygens (including phenoxy) is 1. The molecule has 7 heteroatoms. The van der Waals surface area contributed by atoms with Gasteiger partial charge in [0.2, 0.25) is 5.91 Å².